The van der Waals surface area contributed by atoms with E-state index in [4.69, 9.17) is 0 Å². The molecule has 3 aromatic rings. The molecule has 0 aliphatic carbocycles. The van der Waals surface area contributed by atoms with Crippen molar-refractivity contribution in [2.45, 2.75) is 26.3 Å². The summed E-state index contributed by atoms with van der Waals surface area (Å²) in [5, 5.41) is 6.11. The Labute approximate surface area is 171 Å². The Morgan fingerprint density at radius 1 is 1.03 bits per heavy atom. The standard InChI is InChI=1S/C23H25N5O/c1-17-5-4-6-18(13-17)14-25-22-16-24-21(15-26-22)23(29)27-19-7-9-20(10-8-19)28-11-2-3-12-28/h4-10,13,15-16H,2-3,11-12,14H2,1H3,(H,25,26)(H,27,29). The van der Waals surface area contributed by atoms with Crippen molar-refractivity contribution in [1.29, 1.82) is 0 Å². The molecule has 0 saturated carbocycles. The first-order valence-corrected chi connectivity index (χ1v) is 9.95. The number of aryl methyl sites for hydroxylation is 1. The minimum Gasteiger partial charge on any atom is -0.372 e. The largest absolute Gasteiger partial charge is 0.372 e. The molecule has 4 rings (SSSR count). The lowest BCUT2D eigenvalue weighted by Crippen LogP contribution is -2.18. The zero-order chi connectivity index (χ0) is 20.1. The van der Waals surface area contributed by atoms with Crippen LogP contribution in [-0.4, -0.2) is 29.0 Å². The SMILES string of the molecule is Cc1cccc(CNc2cnc(C(=O)Nc3ccc(N4CCCC4)cc3)cn2)c1. The number of aromatic nitrogens is 2. The maximum absolute atomic E-state index is 12.4. The number of hydrogen-bond donors (Lipinski definition) is 2. The van der Waals surface area contributed by atoms with E-state index in [1.54, 1.807) is 6.20 Å². The highest BCUT2D eigenvalue weighted by atomic mass is 16.1. The van der Waals surface area contributed by atoms with Gasteiger partial charge in [-0.2, -0.15) is 0 Å². The lowest BCUT2D eigenvalue weighted by atomic mass is 10.1. The van der Waals surface area contributed by atoms with Gasteiger partial charge in [0.15, 0.2) is 0 Å². The van der Waals surface area contributed by atoms with Crippen LogP contribution in [0, 0.1) is 6.92 Å². The Morgan fingerprint density at radius 3 is 2.52 bits per heavy atom. The molecule has 0 spiro atoms. The maximum Gasteiger partial charge on any atom is 0.275 e. The highest BCUT2D eigenvalue weighted by molar-refractivity contribution is 6.02. The van der Waals surface area contributed by atoms with Crippen molar-refractivity contribution >= 4 is 23.1 Å². The molecule has 6 nitrogen and oxygen atoms in total. The van der Waals surface area contributed by atoms with Gasteiger partial charge in [-0.3, -0.25) is 4.79 Å². The summed E-state index contributed by atoms with van der Waals surface area (Å²) in [6.07, 6.45) is 5.56. The van der Waals surface area contributed by atoms with E-state index in [1.165, 1.54) is 35.9 Å². The van der Waals surface area contributed by atoms with Gasteiger partial charge in [-0.25, -0.2) is 9.97 Å². The molecule has 148 valence electrons. The third-order valence-corrected chi connectivity index (χ3v) is 5.04. The smallest absolute Gasteiger partial charge is 0.275 e. The number of anilines is 3. The molecule has 0 atom stereocenters. The summed E-state index contributed by atoms with van der Waals surface area (Å²) in [6, 6.07) is 16.2. The molecule has 2 N–H and O–H groups in total. The van der Waals surface area contributed by atoms with Gasteiger partial charge in [0.1, 0.15) is 11.5 Å². The van der Waals surface area contributed by atoms with Crippen molar-refractivity contribution in [3.63, 3.8) is 0 Å². The van der Waals surface area contributed by atoms with Gasteiger partial charge < -0.3 is 15.5 Å². The lowest BCUT2D eigenvalue weighted by molar-refractivity contribution is 0.102. The zero-order valence-corrected chi connectivity index (χ0v) is 16.6. The third kappa shape index (κ3) is 4.90. The van der Waals surface area contributed by atoms with E-state index in [0.717, 1.165) is 18.8 Å². The highest BCUT2D eigenvalue weighted by Gasteiger charge is 2.13. The van der Waals surface area contributed by atoms with Gasteiger partial charge in [0.2, 0.25) is 0 Å². The van der Waals surface area contributed by atoms with Crippen molar-refractivity contribution in [2.75, 3.05) is 28.6 Å². The minimum atomic E-state index is -0.267. The molecule has 0 radical (unpaired) electrons. The van der Waals surface area contributed by atoms with E-state index in [9.17, 15) is 4.79 Å². The lowest BCUT2D eigenvalue weighted by Gasteiger charge is -2.17. The first-order chi connectivity index (χ1) is 14.2. The number of nitrogens with one attached hydrogen (secondary N) is 2. The predicted octanol–water partition coefficient (Wildman–Crippen LogP) is 4.25. The van der Waals surface area contributed by atoms with Crippen LogP contribution in [0.5, 0.6) is 0 Å². The summed E-state index contributed by atoms with van der Waals surface area (Å²) < 4.78 is 0. The van der Waals surface area contributed by atoms with Gasteiger partial charge in [0.05, 0.1) is 12.4 Å². The summed E-state index contributed by atoms with van der Waals surface area (Å²) >= 11 is 0. The van der Waals surface area contributed by atoms with E-state index >= 15 is 0 Å². The quantitative estimate of drug-likeness (QED) is 0.662. The molecule has 0 unspecified atom stereocenters. The van der Waals surface area contributed by atoms with Crippen LogP contribution in [0.3, 0.4) is 0 Å². The molecular formula is C23H25N5O. The molecule has 1 fully saturated rings. The minimum absolute atomic E-state index is 0.267. The normalized spacial score (nSPS) is 13.3. The summed E-state index contributed by atoms with van der Waals surface area (Å²) in [4.78, 5) is 23.3. The number of carbonyl (C=O) groups is 1. The molecule has 1 saturated heterocycles. The van der Waals surface area contributed by atoms with Gasteiger partial charge in [-0.1, -0.05) is 29.8 Å². The molecule has 1 aromatic heterocycles. The summed E-state index contributed by atoms with van der Waals surface area (Å²) in [7, 11) is 0. The van der Waals surface area contributed by atoms with Crippen LogP contribution < -0.4 is 15.5 Å². The summed E-state index contributed by atoms with van der Waals surface area (Å²) in [5.74, 6) is 0.370. The molecule has 0 bridgehead atoms. The number of rotatable bonds is 6. The van der Waals surface area contributed by atoms with Crippen LogP contribution in [0.15, 0.2) is 60.9 Å². The zero-order valence-electron chi connectivity index (χ0n) is 16.6. The molecule has 29 heavy (non-hydrogen) atoms. The predicted molar refractivity (Wildman–Crippen MR) is 116 cm³/mol. The van der Waals surface area contributed by atoms with Gasteiger partial charge in [0.25, 0.3) is 5.91 Å². The molecule has 1 aliphatic heterocycles. The van der Waals surface area contributed by atoms with Gasteiger partial charge in [-0.15, -0.1) is 0 Å². The number of hydrogen-bond acceptors (Lipinski definition) is 5. The topological polar surface area (TPSA) is 70.2 Å². The van der Waals surface area contributed by atoms with E-state index in [1.807, 2.05) is 30.3 Å². The second-order valence-electron chi connectivity index (χ2n) is 7.32. The number of benzene rings is 2. The maximum atomic E-state index is 12.4. The molecule has 6 heteroatoms. The van der Waals surface area contributed by atoms with Crippen LogP contribution in [0.25, 0.3) is 0 Å². The average Bonchev–Trinajstić information content (AvgIpc) is 3.28. The number of carbonyl (C=O) groups excluding carboxylic acids is 1. The first kappa shape index (κ1) is 18.9. The fourth-order valence-corrected chi connectivity index (χ4v) is 3.48. The van der Waals surface area contributed by atoms with Crippen LogP contribution in [0.1, 0.15) is 34.5 Å². The fourth-order valence-electron chi connectivity index (χ4n) is 3.48. The van der Waals surface area contributed by atoms with E-state index in [-0.39, 0.29) is 11.6 Å². The summed E-state index contributed by atoms with van der Waals surface area (Å²) in [5.41, 5.74) is 4.63. The fraction of sp³-hybridized carbons (Fsp3) is 0.261. The number of nitrogens with zero attached hydrogens (tertiary/aromatic N) is 3. The monoisotopic (exact) mass is 387 g/mol. The second-order valence-corrected chi connectivity index (χ2v) is 7.32. The van der Waals surface area contributed by atoms with Crippen molar-refractivity contribution in [3.8, 4) is 0 Å². The molecular weight excluding hydrogens is 362 g/mol. The Morgan fingerprint density at radius 2 is 1.83 bits per heavy atom. The van der Waals surface area contributed by atoms with Gasteiger partial charge in [0, 0.05) is 31.0 Å². The van der Waals surface area contributed by atoms with E-state index < -0.39 is 0 Å². The Kier molecular flexibility index (Phi) is 5.70. The van der Waals surface area contributed by atoms with Crippen molar-refractivity contribution in [3.05, 3.63) is 77.7 Å². The summed E-state index contributed by atoms with van der Waals surface area (Å²) in [6.45, 7) is 4.93. The van der Waals surface area contributed by atoms with Gasteiger partial charge in [-0.05, 0) is 49.6 Å². The highest BCUT2D eigenvalue weighted by Crippen LogP contribution is 2.22. The third-order valence-electron chi connectivity index (χ3n) is 5.04. The van der Waals surface area contributed by atoms with E-state index in [2.05, 4.69) is 50.6 Å². The van der Waals surface area contributed by atoms with Crippen LogP contribution >= 0.6 is 0 Å². The molecule has 1 aliphatic rings. The molecule has 2 aromatic carbocycles. The molecule has 2 heterocycles. The Hall–Kier alpha value is -3.41. The average molecular weight is 387 g/mol. The number of amides is 1. The van der Waals surface area contributed by atoms with Gasteiger partial charge >= 0.3 is 0 Å². The second kappa shape index (κ2) is 8.73. The van der Waals surface area contributed by atoms with Crippen molar-refractivity contribution in [2.24, 2.45) is 0 Å². The Bertz CT molecular complexity index is 963. The molecule has 1 amide bonds. The first-order valence-electron chi connectivity index (χ1n) is 9.95. The Balaban J connectivity index is 1.33. The van der Waals surface area contributed by atoms with Crippen molar-refractivity contribution in [1.82, 2.24) is 9.97 Å². The van der Waals surface area contributed by atoms with Crippen LogP contribution in [0.4, 0.5) is 17.2 Å². The van der Waals surface area contributed by atoms with Crippen LogP contribution in [0.2, 0.25) is 0 Å². The van der Waals surface area contributed by atoms with E-state index in [0.29, 0.717) is 12.4 Å². The van der Waals surface area contributed by atoms with Crippen molar-refractivity contribution < 1.29 is 4.79 Å². The van der Waals surface area contributed by atoms with Crippen LogP contribution in [-0.2, 0) is 6.54 Å².